The number of hydrogen-bond acceptors (Lipinski definition) is 6. The van der Waals surface area contributed by atoms with E-state index < -0.39 is 21.6 Å². The predicted octanol–water partition coefficient (Wildman–Crippen LogP) is 3.17. The van der Waals surface area contributed by atoms with Gasteiger partial charge in [-0.1, -0.05) is 18.2 Å². The molecule has 29 heavy (non-hydrogen) atoms. The number of rotatable bonds is 7. The lowest BCUT2D eigenvalue weighted by atomic mass is 10.2. The van der Waals surface area contributed by atoms with Crippen LogP contribution in [0.1, 0.15) is 21.9 Å². The van der Waals surface area contributed by atoms with Crippen molar-refractivity contribution >= 4 is 22.0 Å². The van der Waals surface area contributed by atoms with Crippen molar-refractivity contribution in [3.63, 3.8) is 0 Å². The van der Waals surface area contributed by atoms with E-state index in [0.717, 1.165) is 0 Å². The van der Waals surface area contributed by atoms with Gasteiger partial charge in [-0.05, 0) is 48.0 Å². The molecule has 0 fully saturated rings. The van der Waals surface area contributed by atoms with E-state index in [1.807, 2.05) is 0 Å². The summed E-state index contributed by atoms with van der Waals surface area (Å²) in [6, 6.07) is 14.9. The number of nitrogens with one attached hydrogen (secondary N) is 1. The molecule has 0 bridgehead atoms. The van der Waals surface area contributed by atoms with Gasteiger partial charge in [-0.3, -0.25) is 4.79 Å². The standard InChI is InChI=1S/C20H17FN2O5S/c1-27-18-9-7-14(11-17(18)21)12-22-23-20(24)19-10-8-15(28-19)13-29(25,26)16-5-3-2-4-6-16/h2-12H,13H2,1H3,(H,23,24)/b22-12-. The second-order valence-electron chi connectivity index (χ2n) is 5.93. The highest BCUT2D eigenvalue weighted by Crippen LogP contribution is 2.18. The van der Waals surface area contributed by atoms with Crippen LogP contribution in [0.4, 0.5) is 4.39 Å². The van der Waals surface area contributed by atoms with Crippen molar-refractivity contribution in [3.8, 4) is 5.75 Å². The van der Waals surface area contributed by atoms with Crippen LogP contribution in [0.15, 0.2) is 75.1 Å². The summed E-state index contributed by atoms with van der Waals surface area (Å²) >= 11 is 0. The van der Waals surface area contributed by atoms with Gasteiger partial charge in [0.05, 0.1) is 18.2 Å². The quantitative estimate of drug-likeness (QED) is 0.471. The first-order valence-electron chi connectivity index (χ1n) is 8.42. The number of carbonyl (C=O) groups excluding carboxylic acids is 1. The number of furan rings is 1. The number of benzene rings is 2. The Morgan fingerprint density at radius 2 is 1.93 bits per heavy atom. The molecular formula is C20H17FN2O5S. The summed E-state index contributed by atoms with van der Waals surface area (Å²) in [5.41, 5.74) is 2.65. The molecule has 9 heteroatoms. The smallest absolute Gasteiger partial charge is 0.307 e. The molecule has 1 heterocycles. The first-order chi connectivity index (χ1) is 13.9. The van der Waals surface area contributed by atoms with Crippen molar-refractivity contribution in [2.75, 3.05) is 7.11 Å². The van der Waals surface area contributed by atoms with E-state index in [9.17, 15) is 17.6 Å². The molecule has 7 nitrogen and oxygen atoms in total. The normalized spacial score (nSPS) is 11.5. The van der Waals surface area contributed by atoms with Crippen LogP contribution in [-0.2, 0) is 15.6 Å². The Hall–Kier alpha value is -3.46. The first kappa shape index (κ1) is 20.3. The zero-order chi connectivity index (χ0) is 20.9. The lowest BCUT2D eigenvalue weighted by Gasteiger charge is -2.02. The summed E-state index contributed by atoms with van der Waals surface area (Å²) in [5, 5.41) is 3.74. The number of nitrogens with zero attached hydrogens (tertiary/aromatic N) is 1. The van der Waals surface area contributed by atoms with E-state index >= 15 is 0 Å². The number of halogens is 1. The molecule has 1 amide bonds. The van der Waals surface area contributed by atoms with Gasteiger partial charge in [0, 0.05) is 0 Å². The van der Waals surface area contributed by atoms with E-state index in [1.54, 1.807) is 24.3 Å². The summed E-state index contributed by atoms with van der Waals surface area (Å²) in [5.74, 6) is -1.48. The third-order valence-electron chi connectivity index (χ3n) is 3.88. The average Bonchev–Trinajstić information content (AvgIpc) is 3.16. The summed E-state index contributed by atoms with van der Waals surface area (Å²) < 4.78 is 48.5. The Labute approximate surface area is 166 Å². The van der Waals surface area contributed by atoms with Crippen molar-refractivity contribution in [3.05, 3.63) is 83.6 Å². The second-order valence-corrected chi connectivity index (χ2v) is 7.92. The van der Waals surface area contributed by atoms with Gasteiger partial charge in [-0.2, -0.15) is 5.10 Å². The van der Waals surface area contributed by atoms with Gasteiger partial charge in [0.25, 0.3) is 0 Å². The maximum atomic E-state index is 13.6. The lowest BCUT2D eigenvalue weighted by Crippen LogP contribution is -2.16. The summed E-state index contributed by atoms with van der Waals surface area (Å²) in [6.07, 6.45) is 1.25. The van der Waals surface area contributed by atoms with Crippen LogP contribution in [0.3, 0.4) is 0 Å². The molecule has 0 atom stereocenters. The van der Waals surface area contributed by atoms with E-state index in [1.165, 1.54) is 49.7 Å². The highest BCUT2D eigenvalue weighted by molar-refractivity contribution is 7.90. The largest absolute Gasteiger partial charge is 0.494 e. The number of hydrazone groups is 1. The molecule has 3 rings (SSSR count). The van der Waals surface area contributed by atoms with Crippen LogP contribution in [0.5, 0.6) is 5.75 Å². The minimum absolute atomic E-state index is 0.0960. The van der Waals surface area contributed by atoms with E-state index in [2.05, 4.69) is 10.5 Å². The molecule has 0 spiro atoms. The fraction of sp³-hybridized carbons (Fsp3) is 0.100. The van der Waals surface area contributed by atoms with Gasteiger partial charge in [-0.25, -0.2) is 18.2 Å². The Kier molecular flexibility index (Phi) is 6.08. The Bertz CT molecular complexity index is 1140. The molecule has 150 valence electrons. The minimum Gasteiger partial charge on any atom is -0.494 e. The fourth-order valence-corrected chi connectivity index (χ4v) is 3.73. The molecule has 0 saturated heterocycles. The molecule has 0 aliphatic rings. The summed E-state index contributed by atoms with van der Waals surface area (Å²) in [7, 11) is -2.23. The number of carbonyl (C=O) groups is 1. The Balaban J connectivity index is 1.63. The van der Waals surface area contributed by atoms with Gasteiger partial charge in [0.2, 0.25) is 0 Å². The molecule has 0 aliphatic heterocycles. The van der Waals surface area contributed by atoms with Crippen LogP contribution in [0.25, 0.3) is 0 Å². The Morgan fingerprint density at radius 1 is 1.17 bits per heavy atom. The molecule has 3 aromatic rings. The van der Waals surface area contributed by atoms with Crippen LogP contribution in [-0.4, -0.2) is 27.6 Å². The third-order valence-corrected chi connectivity index (χ3v) is 5.53. The Morgan fingerprint density at radius 3 is 2.62 bits per heavy atom. The molecule has 2 aromatic carbocycles. The van der Waals surface area contributed by atoms with Crippen LogP contribution in [0.2, 0.25) is 0 Å². The molecule has 0 saturated carbocycles. The van der Waals surface area contributed by atoms with Gasteiger partial charge in [0.15, 0.2) is 27.2 Å². The number of amides is 1. The number of sulfone groups is 1. The highest BCUT2D eigenvalue weighted by atomic mass is 32.2. The van der Waals surface area contributed by atoms with Crippen LogP contribution >= 0.6 is 0 Å². The first-order valence-corrected chi connectivity index (χ1v) is 10.1. The zero-order valence-corrected chi connectivity index (χ0v) is 16.1. The summed E-state index contributed by atoms with van der Waals surface area (Å²) in [4.78, 5) is 12.3. The SMILES string of the molecule is COc1ccc(/C=N\NC(=O)c2ccc(CS(=O)(=O)c3ccccc3)o2)cc1F. The van der Waals surface area contributed by atoms with Crippen molar-refractivity contribution in [1.82, 2.24) is 5.43 Å². The van der Waals surface area contributed by atoms with E-state index in [-0.39, 0.29) is 27.9 Å². The van der Waals surface area contributed by atoms with Gasteiger partial charge >= 0.3 is 5.91 Å². The van der Waals surface area contributed by atoms with Crippen LogP contribution < -0.4 is 10.2 Å². The predicted molar refractivity (Wildman–Crippen MR) is 104 cm³/mol. The fourth-order valence-electron chi connectivity index (χ4n) is 2.46. The maximum Gasteiger partial charge on any atom is 0.307 e. The highest BCUT2D eigenvalue weighted by Gasteiger charge is 2.19. The summed E-state index contributed by atoms with van der Waals surface area (Å²) in [6.45, 7) is 0. The molecular weight excluding hydrogens is 399 g/mol. The number of methoxy groups -OCH3 is 1. The maximum absolute atomic E-state index is 13.6. The zero-order valence-electron chi connectivity index (χ0n) is 15.3. The average molecular weight is 416 g/mol. The van der Waals surface area contributed by atoms with Gasteiger partial charge in [0.1, 0.15) is 11.5 Å². The third kappa shape index (κ3) is 5.08. The van der Waals surface area contributed by atoms with Crippen molar-refractivity contribution in [2.45, 2.75) is 10.6 Å². The molecule has 1 N–H and O–H groups in total. The lowest BCUT2D eigenvalue weighted by molar-refractivity contribution is 0.0926. The topological polar surface area (TPSA) is 98.0 Å². The van der Waals surface area contributed by atoms with E-state index in [4.69, 9.17) is 9.15 Å². The van der Waals surface area contributed by atoms with Gasteiger partial charge in [-0.15, -0.1) is 0 Å². The van der Waals surface area contributed by atoms with Gasteiger partial charge < -0.3 is 9.15 Å². The van der Waals surface area contributed by atoms with Crippen molar-refractivity contribution < 1.29 is 26.8 Å². The van der Waals surface area contributed by atoms with E-state index in [0.29, 0.717) is 5.56 Å². The monoisotopic (exact) mass is 416 g/mol. The molecule has 1 aromatic heterocycles. The molecule has 0 radical (unpaired) electrons. The molecule has 0 aliphatic carbocycles. The number of hydrogen-bond donors (Lipinski definition) is 1. The van der Waals surface area contributed by atoms with Crippen molar-refractivity contribution in [1.29, 1.82) is 0 Å². The van der Waals surface area contributed by atoms with Crippen molar-refractivity contribution in [2.24, 2.45) is 5.10 Å². The van der Waals surface area contributed by atoms with Crippen LogP contribution in [0, 0.1) is 5.82 Å². The molecule has 0 unspecified atom stereocenters. The minimum atomic E-state index is -3.59. The second kappa shape index (κ2) is 8.70. The number of ether oxygens (including phenoxy) is 1.